The first-order valence-corrected chi connectivity index (χ1v) is 15.7. The number of barbiturate groups is 1. The quantitative estimate of drug-likeness (QED) is 0.188. The second-order valence-corrected chi connectivity index (χ2v) is 13.2. The lowest BCUT2D eigenvalue weighted by molar-refractivity contribution is -0.122. The van der Waals surface area contributed by atoms with Gasteiger partial charge in [-0.25, -0.2) is 9.69 Å². The molecule has 6 nitrogen and oxygen atoms in total. The van der Waals surface area contributed by atoms with Crippen molar-refractivity contribution in [3.63, 3.8) is 0 Å². The molecule has 5 aliphatic rings. The van der Waals surface area contributed by atoms with E-state index in [4.69, 9.17) is 4.74 Å². The fourth-order valence-electron chi connectivity index (χ4n) is 8.78. The Hall–Kier alpha value is -4.71. The second kappa shape index (κ2) is 10.5. The maximum atomic E-state index is 13.7. The van der Waals surface area contributed by atoms with E-state index in [1.165, 1.54) is 50.2 Å². The van der Waals surface area contributed by atoms with E-state index >= 15 is 0 Å². The summed E-state index contributed by atoms with van der Waals surface area (Å²) in [4.78, 5) is 40.7. The van der Waals surface area contributed by atoms with Crippen molar-refractivity contribution in [3.8, 4) is 5.75 Å². The Morgan fingerprint density at radius 3 is 2.18 bits per heavy atom. The number of hydrogen-bond acceptors (Lipinski definition) is 4. The van der Waals surface area contributed by atoms with E-state index in [9.17, 15) is 14.4 Å². The molecular weight excluding hydrogens is 548 g/mol. The van der Waals surface area contributed by atoms with E-state index < -0.39 is 17.8 Å². The number of imide groups is 2. The zero-order chi connectivity index (χ0) is 29.8. The van der Waals surface area contributed by atoms with Crippen LogP contribution in [0.25, 0.3) is 16.8 Å². The lowest BCUT2D eigenvalue weighted by Gasteiger charge is -2.57. The number of urea groups is 1. The summed E-state index contributed by atoms with van der Waals surface area (Å²) < 4.78 is 6.22. The van der Waals surface area contributed by atoms with E-state index in [-0.39, 0.29) is 11.0 Å². The standard InChI is InChI=1S/C38H34N2O4/c41-35-33(19-28-7-2-4-11-34(28)44-23-29-9-5-8-27-6-1-3-10-32(27)29)36(42)40(37(43)39-35)31-14-12-30(13-15-31)38-20-24-16-25(21-38)18-26(17-24)22-38/h1-15,19,24-26H,16-18,20-23H2,(H,39,41,43)/b33-19+. The number of ether oxygens (including phenoxy) is 1. The topological polar surface area (TPSA) is 75.7 Å². The minimum Gasteiger partial charge on any atom is -0.488 e. The molecule has 4 amide bonds. The van der Waals surface area contributed by atoms with E-state index in [1.807, 2.05) is 54.6 Å². The minimum absolute atomic E-state index is 0.115. The molecule has 4 saturated carbocycles. The SMILES string of the molecule is O=C1NC(=O)N(c2ccc(C34CC5CC(CC(C5)C3)C4)cc2)C(=O)/C1=C/c1ccccc1OCc1cccc2ccccc12. The number of anilines is 1. The predicted octanol–water partition coefficient (Wildman–Crippen LogP) is 7.55. The highest BCUT2D eigenvalue weighted by molar-refractivity contribution is 6.39. The third-order valence-electron chi connectivity index (χ3n) is 10.4. The van der Waals surface area contributed by atoms with Gasteiger partial charge in [0.05, 0.1) is 5.69 Å². The maximum Gasteiger partial charge on any atom is 0.335 e. The molecule has 4 bridgehead atoms. The number of hydrogen-bond donors (Lipinski definition) is 1. The first-order valence-electron chi connectivity index (χ1n) is 15.7. The van der Waals surface area contributed by atoms with Gasteiger partial charge >= 0.3 is 6.03 Å². The van der Waals surface area contributed by atoms with Gasteiger partial charge in [-0.15, -0.1) is 0 Å². The number of para-hydroxylation sites is 1. The molecule has 1 heterocycles. The normalized spacial score (nSPS) is 26.8. The Kier molecular flexibility index (Phi) is 6.40. The molecule has 0 aromatic heterocycles. The van der Waals surface area contributed by atoms with Gasteiger partial charge in [0, 0.05) is 5.56 Å². The number of fused-ring (bicyclic) bond motifs is 1. The predicted molar refractivity (Wildman–Crippen MR) is 170 cm³/mol. The van der Waals surface area contributed by atoms with Crippen molar-refractivity contribution in [2.45, 2.75) is 50.5 Å². The molecule has 0 atom stereocenters. The lowest BCUT2D eigenvalue weighted by atomic mass is 9.48. The highest BCUT2D eigenvalue weighted by Gasteiger charge is 2.51. The zero-order valence-corrected chi connectivity index (χ0v) is 24.5. The number of carbonyl (C=O) groups excluding carboxylic acids is 3. The van der Waals surface area contributed by atoms with Crippen molar-refractivity contribution in [3.05, 3.63) is 113 Å². The summed E-state index contributed by atoms with van der Waals surface area (Å²) in [5, 5.41) is 4.60. The average Bonchev–Trinajstić information content (AvgIpc) is 3.02. The van der Waals surface area contributed by atoms with Crippen molar-refractivity contribution in [2.75, 3.05) is 4.90 Å². The summed E-state index contributed by atoms with van der Waals surface area (Å²) in [6.07, 6.45) is 9.36. The molecule has 44 heavy (non-hydrogen) atoms. The molecule has 0 spiro atoms. The van der Waals surface area contributed by atoms with Crippen LogP contribution in [0, 0.1) is 17.8 Å². The zero-order valence-electron chi connectivity index (χ0n) is 24.5. The fraction of sp³-hybridized carbons (Fsp3) is 0.289. The van der Waals surface area contributed by atoms with Crippen LogP contribution in [-0.2, 0) is 21.6 Å². The van der Waals surface area contributed by atoms with Crippen molar-refractivity contribution in [1.29, 1.82) is 0 Å². The Morgan fingerprint density at radius 2 is 1.43 bits per heavy atom. The summed E-state index contributed by atoms with van der Waals surface area (Å²) in [7, 11) is 0. The van der Waals surface area contributed by atoms with Gasteiger partial charge in [0.1, 0.15) is 17.9 Å². The maximum absolute atomic E-state index is 13.7. The van der Waals surface area contributed by atoms with Crippen molar-refractivity contribution in [2.24, 2.45) is 17.8 Å². The lowest BCUT2D eigenvalue weighted by Crippen LogP contribution is -2.54. The molecule has 0 unspecified atom stereocenters. The summed E-state index contributed by atoms with van der Waals surface area (Å²) in [5.74, 6) is 1.65. The molecule has 220 valence electrons. The first kappa shape index (κ1) is 26.9. The number of rotatable bonds is 6. The molecule has 4 aliphatic carbocycles. The van der Waals surface area contributed by atoms with E-state index in [0.29, 0.717) is 23.6 Å². The van der Waals surface area contributed by atoms with Gasteiger partial charge in [0.25, 0.3) is 11.8 Å². The summed E-state index contributed by atoms with van der Waals surface area (Å²) in [5.41, 5.74) is 3.49. The van der Waals surface area contributed by atoms with Crippen LogP contribution in [0.4, 0.5) is 10.5 Å². The second-order valence-electron chi connectivity index (χ2n) is 13.2. The Morgan fingerprint density at radius 1 is 0.773 bits per heavy atom. The van der Waals surface area contributed by atoms with Crippen LogP contribution < -0.4 is 15.0 Å². The largest absolute Gasteiger partial charge is 0.488 e. The van der Waals surface area contributed by atoms with Crippen LogP contribution in [0.1, 0.15) is 55.2 Å². The number of benzene rings is 4. The minimum atomic E-state index is -0.736. The highest BCUT2D eigenvalue weighted by Crippen LogP contribution is 2.60. The van der Waals surface area contributed by atoms with Gasteiger partial charge in [-0.3, -0.25) is 14.9 Å². The first-order chi connectivity index (χ1) is 21.5. The third-order valence-corrected chi connectivity index (χ3v) is 10.4. The number of amides is 4. The summed E-state index contributed by atoms with van der Waals surface area (Å²) >= 11 is 0. The summed E-state index contributed by atoms with van der Waals surface area (Å²) in [6.45, 7) is 0.322. The molecule has 0 radical (unpaired) electrons. The number of carbonyl (C=O) groups is 3. The third kappa shape index (κ3) is 4.60. The van der Waals surface area contributed by atoms with Crippen LogP contribution >= 0.6 is 0 Å². The molecule has 1 aliphatic heterocycles. The molecule has 6 heteroatoms. The van der Waals surface area contributed by atoms with Crippen molar-refractivity contribution < 1.29 is 19.1 Å². The van der Waals surface area contributed by atoms with Gasteiger partial charge in [-0.05, 0) is 108 Å². The van der Waals surface area contributed by atoms with Crippen LogP contribution in [0.15, 0.2) is 96.6 Å². The van der Waals surface area contributed by atoms with Crippen LogP contribution in [0.2, 0.25) is 0 Å². The molecule has 5 fully saturated rings. The van der Waals surface area contributed by atoms with Crippen LogP contribution in [-0.4, -0.2) is 17.8 Å². The monoisotopic (exact) mass is 582 g/mol. The smallest absolute Gasteiger partial charge is 0.335 e. The molecule has 4 aromatic carbocycles. The van der Waals surface area contributed by atoms with Gasteiger partial charge in [0.2, 0.25) is 0 Å². The van der Waals surface area contributed by atoms with Crippen molar-refractivity contribution >= 4 is 40.4 Å². The van der Waals surface area contributed by atoms with E-state index in [2.05, 4.69) is 35.6 Å². The van der Waals surface area contributed by atoms with Gasteiger partial charge in [-0.2, -0.15) is 0 Å². The summed E-state index contributed by atoms with van der Waals surface area (Å²) in [6, 6.07) is 28.7. The van der Waals surface area contributed by atoms with Gasteiger partial charge in [0.15, 0.2) is 0 Å². The fourth-order valence-corrected chi connectivity index (χ4v) is 8.78. The number of nitrogens with one attached hydrogen (secondary N) is 1. The van der Waals surface area contributed by atoms with Gasteiger partial charge in [-0.1, -0.05) is 72.8 Å². The molecule has 1 N–H and O–H groups in total. The van der Waals surface area contributed by atoms with Crippen molar-refractivity contribution in [1.82, 2.24) is 5.32 Å². The Bertz CT molecular complexity index is 1800. The van der Waals surface area contributed by atoms with Crippen LogP contribution in [0.3, 0.4) is 0 Å². The van der Waals surface area contributed by atoms with E-state index in [1.54, 1.807) is 6.07 Å². The molecule has 4 aromatic rings. The van der Waals surface area contributed by atoms with E-state index in [0.717, 1.165) is 39.0 Å². The molecule has 1 saturated heterocycles. The average molecular weight is 583 g/mol. The highest BCUT2D eigenvalue weighted by atomic mass is 16.5. The Balaban J connectivity index is 1.05. The molecular formula is C38H34N2O4. The number of nitrogens with zero attached hydrogens (tertiary/aromatic N) is 1. The van der Waals surface area contributed by atoms with Gasteiger partial charge < -0.3 is 4.74 Å². The van der Waals surface area contributed by atoms with Crippen LogP contribution in [0.5, 0.6) is 5.75 Å². The Labute approximate surface area is 256 Å². The molecule has 9 rings (SSSR count).